The molecule has 0 aliphatic heterocycles. The van der Waals surface area contributed by atoms with Crippen LogP contribution in [0.1, 0.15) is 49.7 Å². The Hall–Kier alpha value is -2.03. The van der Waals surface area contributed by atoms with E-state index in [1.807, 2.05) is 31.3 Å². The fourth-order valence-corrected chi connectivity index (χ4v) is 5.84. The van der Waals surface area contributed by atoms with E-state index in [0.29, 0.717) is 23.5 Å². The van der Waals surface area contributed by atoms with E-state index in [1.54, 1.807) is 7.11 Å². The fourth-order valence-electron chi connectivity index (χ4n) is 5.84. The number of Topliss-reactive ketones (excluding diaryl/α,β-unsaturated/α-hetero) is 1. The lowest BCUT2D eigenvalue weighted by Gasteiger charge is -2.48. The van der Waals surface area contributed by atoms with E-state index in [0.717, 1.165) is 37.0 Å². The van der Waals surface area contributed by atoms with Gasteiger partial charge >= 0.3 is 0 Å². The Labute approximate surface area is 163 Å². The van der Waals surface area contributed by atoms with Gasteiger partial charge in [-0.1, -0.05) is 19.1 Å². The van der Waals surface area contributed by atoms with Crippen molar-refractivity contribution in [1.82, 2.24) is 4.90 Å². The number of nitrogens with zero attached hydrogens (tertiary/aromatic N) is 1. The van der Waals surface area contributed by atoms with Gasteiger partial charge in [-0.25, -0.2) is 0 Å². The number of ketones is 1. The van der Waals surface area contributed by atoms with Gasteiger partial charge in [0.2, 0.25) is 0 Å². The summed E-state index contributed by atoms with van der Waals surface area (Å²) in [6.45, 7) is 2.23. The Morgan fingerprint density at radius 2 is 2.07 bits per heavy atom. The van der Waals surface area contributed by atoms with Gasteiger partial charge in [0, 0.05) is 19.5 Å². The molecule has 0 unspecified atom stereocenters. The molecule has 144 valence electrons. The van der Waals surface area contributed by atoms with Crippen molar-refractivity contribution in [1.29, 1.82) is 0 Å². The molecule has 3 aliphatic rings. The SMILES string of the molecule is COc1ccc2c(c1)CC[C@H]1[C@@H]2CC[C@@]2(C)C(=O)/C(=C\C=C\N(C)C)C[C@@H]12. The molecule has 27 heavy (non-hydrogen) atoms. The molecule has 0 N–H and O–H groups in total. The molecule has 0 amide bonds. The van der Waals surface area contributed by atoms with Crippen molar-refractivity contribution >= 4 is 5.78 Å². The van der Waals surface area contributed by atoms with E-state index in [1.165, 1.54) is 17.5 Å². The molecule has 0 aromatic heterocycles. The summed E-state index contributed by atoms with van der Waals surface area (Å²) in [5.41, 5.74) is 3.82. The van der Waals surface area contributed by atoms with E-state index < -0.39 is 0 Å². The lowest BCUT2D eigenvalue weighted by Crippen LogP contribution is -2.42. The number of ether oxygens (including phenoxy) is 1. The van der Waals surface area contributed by atoms with Crippen LogP contribution in [0.4, 0.5) is 0 Å². The summed E-state index contributed by atoms with van der Waals surface area (Å²) in [4.78, 5) is 15.2. The minimum absolute atomic E-state index is 0.164. The van der Waals surface area contributed by atoms with E-state index in [4.69, 9.17) is 4.74 Å². The largest absolute Gasteiger partial charge is 0.497 e. The van der Waals surface area contributed by atoms with Crippen molar-refractivity contribution in [3.8, 4) is 5.75 Å². The van der Waals surface area contributed by atoms with Gasteiger partial charge < -0.3 is 9.64 Å². The second kappa shape index (κ2) is 6.85. The average molecular weight is 366 g/mol. The summed E-state index contributed by atoms with van der Waals surface area (Å²) in [5, 5.41) is 0. The molecule has 0 saturated heterocycles. The molecule has 0 spiro atoms. The number of carbonyl (C=O) groups excluding carboxylic acids is 1. The standard InChI is InChI=1S/C24H31NO2/c1-24-12-11-20-19-10-8-18(27-4)14-16(19)7-9-21(20)22(24)15-17(23(24)26)6-5-13-25(2)3/h5-6,8,10,13-14,20-22H,7,9,11-12,15H2,1-4H3/b13-5+,17-6-/t20-,21+,22+,24-/m1/s1. The van der Waals surface area contributed by atoms with Crippen molar-refractivity contribution in [3.63, 3.8) is 0 Å². The Bertz CT molecular complexity index is 807. The molecule has 0 bridgehead atoms. The molecule has 2 fully saturated rings. The molecule has 0 heterocycles. The molecule has 0 radical (unpaired) electrons. The highest BCUT2D eigenvalue weighted by atomic mass is 16.5. The summed E-state index contributed by atoms with van der Waals surface area (Å²) in [7, 11) is 5.75. The normalized spacial score (nSPS) is 33.7. The number of benzene rings is 1. The van der Waals surface area contributed by atoms with Gasteiger partial charge in [0.25, 0.3) is 0 Å². The van der Waals surface area contributed by atoms with E-state index in [9.17, 15) is 4.79 Å². The maximum atomic E-state index is 13.2. The summed E-state index contributed by atoms with van der Waals surface area (Å²) < 4.78 is 5.42. The Morgan fingerprint density at radius 3 is 2.81 bits per heavy atom. The lowest BCUT2D eigenvalue weighted by molar-refractivity contribution is -0.127. The van der Waals surface area contributed by atoms with Crippen molar-refractivity contribution in [3.05, 3.63) is 53.3 Å². The van der Waals surface area contributed by atoms with Gasteiger partial charge in [-0.15, -0.1) is 0 Å². The van der Waals surface area contributed by atoms with Gasteiger partial charge in [0.05, 0.1) is 7.11 Å². The van der Waals surface area contributed by atoms with Crippen LogP contribution in [0, 0.1) is 17.3 Å². The zero-order chi connectivity index (χ0) is 19.2. The Balaban J connectivity index is 1.63. The summed E-state index contributed by atoms with van der Waals surface area (Å²) in [5.74, 6) is 3.06. The maximum Gasteiger partial charge on any atom is 0.165 e. The monoisotopic (exact) mass is 365 g/mol. The molecule has 3 nitrogen and oxygen atoms in total. The van der Waals surface area contributed by atoms with Gasteiger partial charge in [-0.2, -0.15) is 0 Å². The number of aryl methyl sites for hydroxylation is 1. The molecular weight excluding hydrogens is 334 g/mol. The predicted octanol–water partition coefficient (Wildman–Crippen LogP) is 4.73. The minimum atomic E-state index is -0.164. The number of allylic oxidation sites excluding steroid dienone is 3. The average Bonchev–Trinajstić information content (AvgIpc) is 2.92. The predicted molar refractivity (Wildman–Crippen MR) is 109 cm³/mol. The number of carbonyl (C=O) groups is 1. The van der Waals surface area contributed by atoms with Crippen LogP contribution < -0.4 is 4.74 Å². The summed E-state index contributed by atoms with van der Waals surface area (Å²) >= 11 is 0. The molecule has 4 rings (SSSR count). The third-order valence-corrected chi connectivity index (χ3v) is 7.26. The van der Waals surface area contributed by atoms with Crippen LogP contribution >= 0.6 is 0 Å². The Kier molecular flexibility index (Phi) is 4.65. The number of hydrogen-bond donors (Lipinski definition) is 0. The maximum absolute atomic E-state index is 13.2. The Morgan fingerprint density at radius 1 is 1.26 bits per heavy atom. The lowest BCUT2D eigenvalue weighted by atomic mass is 9.55. The fraction of sp³-hybridized carbons (Fsp3) is 0.542. The molecule has 3 heteroatoms. The molecule has 1 aromatic rings. The smallest absolute Gasteiger partial charge is 0.165 e. The van der Waals surface area contributed by atoms with Gasteiger partial charge in [-0.3, -0.25) is 4.79 Å². The summed E-state index contributed by atoms with van der Waals surface area (Å²) in [6, 6.07) is 6.60. The quantitative estimate of drug-likeness (QED) is 0.725. The van der Waals surface area contributed by atoms with Crippen LogP contribution in [0.5, 0.6) is 5.75 Å². The first-order valence-electron chi connectivity index (χ1n) is 10.2. The molecule has 2 saturated carbocycles. The first-order valence-corrected chi connectivity index (χ1v) is 10.2. The first kappa shape index (κ1) is 18.3. The van der Waals surface area contributed by atoms with Crippen molar-refractivity contribution < 1.29 is 9.53 Å². The highest BCUT2D eigenvalue weighted by molar-refractivity contribution is 6.02. The molecule has 4 atom stereocenters. The van der Waals surface area contributed by atoms with Crippen LogP contribution in [0.3, 0.4) is 0 Å². The number of hydrogen-bond acceptors (Lipinski definition) is 3. The van der Waals surface area contributed by atoms with E-state index >= 15 is 0 Å². The highest BCUT2D eigenvalue weighted by Crippen LogP contribution is 2.60. The number of rotatable bonds is 3. The number of fused-ring (bicyclic) bond motifs is 5. The van der Waals surface area contributed by atoms with Crippen LogP contribution in [-0.4, -0.2) is 31.9 Å². The van der Waals surface area contributed by atoms with Crippen LogP contribution in [-0.2, 0) is 11.2 Å². The first-order chi connectivity index (χ1) is 12.9. The third kappa shape index (κ3) is 3.01. The minimum Gasteiger partial charge on any atom is -0.497 e. The van der Waals surface area contributed by atoms with Crippen molar-refractivity contribution in [2.24, 2.45) is 17.3 Å². The topological polar surface area (TPSA) is 29.5 Å². The molecular formula is C24H31NO2. The van der Waals surface area contributed by atoms with Crippen molar-refractivity contribution in [2.45, 2.75) is 44.9 Å². The molecule has 1 aromatic carbocycles. The van der Waals surface area contributed by atoms with Gasteiger partial charge in [0.1, 0.15) is 5.75 Å². The molecule has 3 aliphatic carbocycles. The summed E-state index contributed by atoms with van der Waals surface area (Å²) in [6.07, 6.45) is 11.5. The van der Waals surface area contributed by atoms with Gasteiger partial charge in [-0.05, 0) is 91.0 Å². The van der Waals surface area contributed by atoms with Crippen LogP contribution in [0.25, 0.3) is 0 Å². The van der Waals surface area contributed by atoms with Crippen LogP contribution in [0.2, 0.25) is 0 Å². The third-order valence-electron chi connectivity index (χ3n) is 7.26. The number of methoxy groups -OCH3 is 1. The second-order valence-electron chi connectivity index (χ2n) is 8.97. The van der Waals surface area contributed by atoms with E-state index in [-0.39, 0.29) is 5.41 Å². The zero-order valence-corrected chi connectivity index (χ0v) is 17.0. The van der Waals surface area contributed by atoms with Crippen molar-refractivity contribution in [2.75, 3.05) is 21.2 Å². The van der Waals surface area contributed by atoms with Gasteiger partial charge in [0.15, 0.2) is 5.78 Å². The second-order valence-corrected chi connectivity index (χ2v) is 8.97. The van der Waals surface area contributed by atoms with E-state index in [2.05, 4.69) is 31.2 Å². The van der Waals surface area contributed by atoms with Crippen LogP contribution in [0.15, 0.2) is 42.1 Å². The zero-order valence-electron chi connectivity index (χ0n) is 17.0. The highest BCUT2D eigenvalue weighted by Gasteiger charge is 2.56.